The van der Waals surface area contributed by atoms with E-state index in [4.69, 9.17) is 11.6 Å². The Morgan fingerprint density at radius 3 is 2.82 bits per heavy atom. The standard InChI is InChI=1S/C15H16ClN3O2S/c1-8-7-13(20)19-15(17-8)22-10(3)14(21)18-12-6-4-5-11(16)9(12)2/h4-7,10H,1-3H3,(H,18,21)(H,17,19,20). The maximum absolute atomic E-state index is 12.3. The highest BCUT2D eigenvalue weighted by atomic mass is 35.5. The van der Waals surface area contributed by atoms with E-state index in [0.29, 0.717) is 21.6 Å². The van der Waals surface area contributed by atoms with Gasteiger partial charge in [0.25, 0.3) is 5.56 Å². The quantitative estimate of drug-likeness (QED) is 0.664. The number of nitrogens with one attached hydrogen (secondary N) is 2. The highest BCUT2D eigenvalue weighted by Gasteiger charge is 2.17. The van der Waals surface area contributed by atoms with Crippen LogP contribution in [0.5, 0.6) is 0 Å². The van der Waals surface area contributed by atoms with Crippen LogP contribution in [0.1, 0.15) is 18.2 Å². The summed E-state index contributed by atoms with van der Waals surface area (Å²) in [7, 11) is 0. The zero-order valence-electron chi connectivity index (χ0n) is 12.4. The minimum Gasteiger partial charge on any atom is -0.325 e. The Hall–Kier alpha value is -1.79. The zero-order chi connectivity index (χ0) is 16.3. The normalized spacial score (nSPS) is 12.0. The van der Waals surface area contributed by atoms with Crippen molar-refractivity contribution in [3.63, 3.8) is 0 Å². The number of halogens is 1. The van der Waals surface area contributed by atoms with Crippen LogP contribution in [0.2, 0.25) is 5.02 Å². The van der Waals surface area contributed by atoms with Gasteiger partial charge in [-0.1, -0.05) is 29.4 Å². The molecule has 0 spiro atoms. The number of nitrogens with zero attached hydrogens (tertiary/aromatic N) is 1. The van der Waals surface area contributed by atoms with Crippen molar-refractivity contribution < 1.29 is 4.79 Å². The molecule has 22 heavy (non-hydrogen) atoms. The molecule has 0 fully saturated rings. The summed E-state index contributed by atoms with van der Waals surface area (Å²) in [6.45, 7) is 5.33. The maximum Gasteiger partial charge on any atom is 0.251 e. The van der Waals surface area contributed by atoms with Crippen LogP contribution in [-0.4, -0.2) is 21.1 Å². The van der Waals surface area contributed by atoms with Crippen molar-refractivity contribution in [3.05, 3.63) is 50.9 Å². The summed E-state index contributed by atoms with van der Waals surface area (Å²) in [5.74, 6) is -0.181. The fraction of sp³-hybridized carbons (Fsp3) is 0.267. The SMILES string of the molecule is Cc1cc(=O)[nH]c(SC(C)C(=O)Nc2cccc(Cl)c2C)n1. The summed E-state index contributed by atoms with van der Waals surface area (Å²) in [5, 5.41) is 3.45. The molecule has 1 aromatic carbocycles. The molecule has 0 saturated carbocycles. The number of benzene rings is 1. The summed E-state index contributed by atoms with van der Waals surface area (Å²) in [4.78, 5) is 30.5. The second kappa shape index (κ2) is 6.98. The molecule has 0 aliphatic rings. The number of anilines is 1. The second-order valence-electron chi connectivity index (χ2n) is 4.85. The molecule has 0 aliphatic carbocycles. The third-order valence-electron chi connectivity index (χ3n) is 3.03. The number of thioether (sulfide) groups is 1. The fourth-order valence-electron chi connectivity index (χ4n) is 1.81. The Morgan fingerprint density at radius 1 is 1.41 bits per heavy atom. The average Bonchev–Trinajstić information content (AvgIpc) is 2.42. The van der Waals surface area contributed by atoms with E-state index in [2.05, 4.69) is 15.3 Å². The van der Waals surface area contributed by atoms with Crippen molar-refractivity contribution in [2.45, 2.75) is 31.2 Å². The Bertz CT molecular complexity index is 761. The van der Waals surface area contributed by atoms with Gasteiger partial charge in [0.15, 0.2) is 5.16 Å². The number of aromatic amines is 1. The zero-order valence-corrected chi connectivity index (χ0v) is 14.0. The molecule has 0 radical (unpaired) electrons. The van der Waals surface area contributed by atoms with Crippen molar-refractivity contribution >= 4 is 35.0 Å². The van der Waals surface area contributed by atoms with Gasteiger partial charge < -0.3 is 10.3 Å². The molecule has 2 rings (SSSR count). The number of hydrogen-bond acceptors (Lipinski definition) is 4. The van der Waals surface area contributed by atoms with Gasteiger partial charge in [0, 0.05) is 22.5 Å². The highest BCUT2D eigenvalue weighted by molar-refractivity contribution is 8.00. The first-order valence-corrected chi connectivity index (χ1v) is 7.93. The molecule has 116 valence electrons. The summed E-state index contributed by atoms with van der Waals surface area (Å²) in [6.07, 6.45) is 0. The Morgan fingerprint density at radius 2 is 2.14 bits per heavy atom. The smallest absolute Gasteiger partial charge is 0.251 e. The van der Waals surface area contributed by atoms with E-state index >= 15 is 0 Å². The number of rotatable bonds is 4. The van der Waals surface area contributed by atoms with E-state index in [-0.39, 0.29) is 11.5 Å². The van der Waals surface area contributed by atoms with E-state index in [1.165, 1.54) is 17.8 Å². The molecule has 1 heterocycles. The minimum atomic E-state index is -0.414. The maximum atomic E-state index is 12.3. The summed E-state index contributed by atoms with van der Waals surface area (Å²) in [6, 6.07) is 6.75. The van der Waals surface area contributed by atoms with Gasteiger partial charge in [-0.2, -0.15) is 0 Å². The van der Waals surface area contributed by atoms with Crippen LogP contribution in [0.15, 0.2) is 34.2 Å². The number of hydrogen-bond donors (Lipinski definition) is 2. The summed E-state index contributed by atoms with van der Waals surface area (Å²) < 4.78 is 0. The highest BCUT2D eigenvalue weighted by Crippen LogP contribution is 2.25. The molecule has 1 aromatic heterocycles. The van der Waals surface area contributed by atoms with Gasteiger partial charge in [0.1, 0.15) is 0 Å². The number of H-pyrrole nitrogens is 1. The van der Waals surface area contributed by atoms with Gasteiger partial charge in [0.05, 0.1) is 5.25 Å². The van der Waals surface area contributed by atoms with Crippen molar-refractivity contribution in [1.82, 2.24) is 9.97 Å². The van der Waals surface area contributed by atoms with Crippen molar-refractivity contribution in [3.8, 4) is 0 Å². The molecule has 0 aliphatic heterocycles. The van der Waals surface area contributed by atoms with Crippen LogP contribution in [0.4, 0.5) is 5.69 Å². The molecular formula is C15H16ClN3O2S. The lowest BCUT2D eigenvalue weighted by atomic mass is 10.2. The predicted molar refractivity (Wildman–Crippen MR) is 89.7 cm³/mol. The lowest BCUT2D eigenvalue weighted by Gasteiger charge is -2.13. The molecule has 2 N–H and O–H groups in total. The molecule has 0 saturated heterocycles. The Kier molecular flexibility index (Phi) is 5.26. The van der Waals surface area contributed by atoms with E-state index in [9.17, 15) is 9.59 Å². The third-order valence-corrected chi connectivity index (χ3v) is 4.42. The summed E-state index contributed by atoms with van der Waals surface area (Å²) >= 11 is 7.23. The Balaban J connectivity index is 2.09. The number of aromatic nitrogens is 2. The van der Waals surface area contributed by atoms with Gasteiger partial charge in [-0.25, -0.2) is 4.98 Å². The largest absolute Gasteiger partial charge is 0.325 e. The second-order valence-corrected chi connectivity index (χ2v) is 6.59. The van der Waals surface area contributed by atoms with E-state index < -0.39 is 5.25 Å². The molecule has 5 nitrogen and oxygen atoms in total. The van der Waals surface area contributed by atoms with Crippen molar-refractivity contribution in [2.24, 2.45) is 0 Å². The van der Waals surface area contributed by atoms with Crippen LogP contribution in [0, 0.1) is 13.8 Å². The Labute approximate surface area is 137 Å². The van der Waals surface area contributed by atoms with Crippen LogP contribution < -0.4 is 10.9 Å². The number of amides is 1. The first-order valence-electron chi connectivity index (χ1n) is 6.67. The number of aryl methyl sites for hydroxylation is 1. The van der Waals surface area contributed by atoms with Crippen molar-refractivity contribution in [2.75, 3.05) is 5.32 Å². The first-order chi connectivity index (χ1) is 10.4. The molecule has 7 heteroatoms. The average molecular weight is 338 g/mol. The van der Waals surface area contributed by atoms with E-state index in [0.717, 1.165) is 5.56 Å². The third kappa shape index (κ3) is 4.11. The van der Waals surface area contributed by atoms with Gasteiger partial charge >= 0.3 is 0 Å². The first kappa shape index (κ1) is 16.6. The fourth-order valence-corrected chi connectivity index (χ4v) is 2.84. The van der Waals surface area contributed by atoms with Gasteiger partial charge in [-0.15, -0.1) is 0 Å². The van der Waals surface area contributed by atoms with Crippen LogP contribution >= 0.6 is 23.4 Å². The monoisotopic (exact) mass is 337 g/mol. The predicted octanol–water partition coefficient (Wildman–Crippen LogP) is 3.16. The molecule has 1 atom stereocenters. The van der Waals surface area contributed by atoms with Gasteiger partial charge in [-0.3, -0.25) is 9.59 Å². The molecule has 1 amide bonds. The van der Waals surface area contributed by atoms with Crippen molar-refractivity contribution in [1.29, 1.82) is 0 Å². The van der Waals surface area contributed by atoms with Crippen LogP contribution in [0.3, 0.4) is 0 Å². The lowest BCUT2D eigenvalue weighted by Crippen LogP contribution is -2.23. The topological polar surface area (TPSA) is 74.8 Å². The van der Waals surface area contributed by atoms with E-state index in [1.54, 1.807) is 32.0 Å². The van der Waals surface area contributed by atoms with Crippen LogP contribution in [-0.2, 0) is 4.79 Å². The minimum absolute atomic E-state index is 0.181. The molecule has 0 bridgehead atoms. The molecular weight excluding hydrogens is 322 g/mol. The van der Waals surface area contributed by atoms with E-state index in [1.807, 2.05) is 6.92 Å². The number of carbonyl (C=O) groups is 1. The lowest BCUT2D eigenvalue weighted by molar-refractivity contribution is -0.115. The molecule has 1 unspecified atom stereocenters. The summed E-state index contributed by atoms with van der Waals surface area (Å²) in [5.41, 5.74) is 1.88. The molecule has 2 aromatic rings. The van der Waals surface area contributed by atoms with Crippen LogP contribution in [0.25, 0.3) is 0 Å². The number of carbonyl (C=O) groups excluding carboxylic acids is 1. The van der Waals surface area contributed by atoms with Gasteiger partial charge in [0.2, 0.25) is 5.91 Å². The van der Waals surface area contributed by atoms with Gasteiger partial charge in [-0.05, 0) is 38.5 Å².